The molecule has 0 unspecified atom stereocenters. The fourth-order valence-electron chi connectivity index (χ4n) is 2.35. The van der Waals surface area contributed by atoms with Crippen molar-refractivity contribution in [2.75, 3.05) is 6.54 Å². The molecule has 1 aromatic rings. The van der Waals surface area contributed by atoms with Crippen molar-refractivity contribution in [2.24, 2.45) is 0 Å². The maximum Gasteiger partial charge on any atom is 0.133 e. The molecule has 2 rings (SSSR count). The molecule has 2 nitrogen and oxygen atoms in total. The van der Waals surface area contributed by atoms with Crippen molar-refractivity contribution in [1.82, 2.24) is 5.32 Å². The van der Waals surface area contributed by atoms with E-state index in [1.165, 1.54) is 37.7 Å². The molecule has 18 heavy (non-hydrogen) atoms. The Morgan fingerprint density at radius 1 is 1.33 bits per heavy atom. The molecule has 1 aliphatic rings. The first-order chi connectivity index (χ1) is 8.79. The van der Waals surface area contributed by atoms with Crippen LogP contribution in [0.1, 0.15) is 44.6 Å². The quantitative estimate of drug-likeness (QED) is 0.792. The fraction of sp³-hybridized carbons (Fsp3) is 0.600. The summed E-state index contributed by atoms with van der Waals surface area (Å²) in [6.45, 7) is 4.18. The van der Waals surface area contributed by atoms with E-state index in [9.17, 15) is 0 Å². The molecule has 1 aromatic carbocycles. The predicted molar refractivity (Wildman–Crippen MR) is 79.0 cm³/mol. The maximum atomic E-state index is 6.02. The van der Waals surface area contributed by atoms with Crippen LogP contribution in [0.25, 0.3) is 0 Å². The van der Waals surface area contributed by atoms with E-state index in [0.29, 0.717) is 6.10 Å². The van der Waals surface area contributed by atoms with Crippen LogP contribution >= 0.6 is 15.9 Å². The summed E-state index contributed by atoms with van der Waals surface area (Å²) in [4.78, 5) is 0. The lowest BCUT2D eigenvalue weighted by molar-refractivity contribution is 0.208. The van der Waals surface area contributed by atoms with E-state index in [0.717, 1.165) is 23.3 Å². The highest BCUT2D eigenvalue weighted by atomic mass is 79.9. The number of hydrogen-bond donors (Lipinski definition) is 1. The van der Waals surface area contributed by atoms with Crippen molar-refractivity contribution in [3.05, 3.63) is 28.2 Å². The van der Waals surface area contributed by atoms with Crippen LogP contribution in [-0.4, -0.2) is 12.6 Å². The number of hydrogen-bond acceptors (Lipinski definition) is 2. The van der Waals surface area contributed by atoms with Crippen LogP contribution in [0.5, 0.6) is 5.75 Å². The third-order valence-corrected chi connectivity index (χ3v) is 3.97. The molecule has 0 heterocycles. The van der Waals surface area contributed by atoms with Crippen LogP contribution in [0.15, 0.2) is 22.7 Å². The first-order valence-electron chi connectivity index (χ1n) is 6.95. The topological polar surface area (TPSA) is 21.3 Å². The van der Waals surface area contributed by atoms with Gasteiger partial charge in [-0.1, -0.05) is 13.0 Å². The Morgan fingerprint density at radius 2 is 2.11 bits per heavy atom. The molecule has 0 spiro atoms. The SMILES string of the molecule is CCCNCc1ccc(OC2CCCC2)c(Br)c1. The molecule has 3 heteroatoms. The first kappa shape index (κ1) is 13.9. The maximum absolute atomic E-state index is 6.02. The summed E-state index contributed by atoms with van der Waals surface area (Å²) in [5, 5.41) is 3.41. The molecule has 0 atom stereocenters. The zero-order valence-electron chi connectivity index (χ0n) is 11.0. The van der Waals surface area contributed by atoms with E-state index in [-0.39, 0.29) is 0 Å². The van der Waals surface area contributed by atoms with E-state index >= 15 is 0 Å². The minimum atomic E-state index is 0.422. The molecule has 0 radical (unpaired) electrons. The van der Waals surface area contributed by atoms with Gasteiger partial charge in [0.05, 0.1) is 10.6 Å². The lowest BCUT2D eigenvalue weighted by Crippen LogP contribution is -2.14. The average molecular weight is 312 g/mol. The highest BCUT2D eigenvalue weighted by Crippen LogP contribution is 2.30. The molecule has 1 aliphatic carbocycles. The minimum Gasteiger partial charge on any atom is -0.489 e. The van der Waals surface area contributed by atoms with Crippen LogP contribution in [-0.2, 0) is 6.54 Å². The second kappa shape index (κ2) is 7.15. The molecule has 1 N–H and O–H groups in total. The van der Waals surface area contributed by atoms with Crippen molar-refractivity contribution in [3.8, 4) is 5.75 Å². The Bertz CT molecular complexity index is 375. The van der Waals surface area contributed by atoms with Crippen LogP contribution in [0.4, 0.5) is 0 Å². The molecular formula is C15H22BrNO. The van der Waals surface area contributed by atoms with Crippen molar-refractivity contribution in [3.63, 3.8) is 0 Å². The first-order valence-corrected chi connectivity index (χ1v) is 7.74. The summed E-state index contributed by atoms with van der Waals surface area (Å²) in [5.41, 5.74) is 1.30. The second-order valence-electron chi connectivity index (χ2n) is 4.97. The zero-order valence-corrected chi connectivity index (χ0v) is 12.6. The smallest absolute Gasteiger partial charge is 0.133 e. The van der Waals surface area contributed by atoms with E-state index in [4.69, 9.17) is 4.74 Å². The zero-order chi connectivity index (χ0) is 12.8. The van der Waals surface area contributed by atoms with E-state index in [1.54, 1.807) is 0 Å². The van der Waals surface area contributed by atoms with Gasteiger partial charge in [0, 0.05) is 6.54 Å². The lowest BCUT2D eigenvalue weighted by Gasteiger charge is -2.15. The van der Waals surface area contributed by atoms with Crippen LogP contribution < -0.4 is 10.1 Å². The molecule has 0 aromatic heterocycles. The third-order valence-electron chi connectivity index (χ3n) is 3.35. The highest BCUT2D eigenvalue weighted by molar-refractivity contribution is 9.10. The van der Waals surface area contributed by atoms with Crippen LogP contribution in [0.2, 0.25) is 0 Å². The van der Waals surface area contributed by atoms with Crippen LogP contribution in [0, 0.1) is 0 Å². The number of halogens is 1. The second-order valence-corrected chi connectivity index (χ2v) is 5.82. The van der Waals surface area contributed by atoms with Gasteiger partial charge in [-0.05, 0) is 72.3 Å². The Morgan fingerprint density at radius 3 is 2.78 bits per heavy atom. The van der Waals surface area contributed by atoms with Crippen molar-refractivity contribution in [1.29, 1.82) is 0 Å². The van der Waals surface area contributed by atoms with Gasteiger partial charge in [0.15, 0.2) is 0 Å². The van der Waals surface area contributed by atoms with Crippen molar-refractivity contribution < 1.29 is 4.74 Å². The number of benzene rings is 1. The predicted octanol–water partition coefficient (Wildman–Crippen LogP) is 4.27. The monoisotopic (exact) mass is 311 g/mol. The third kappa shape index (κ3) is 3.99. The van der Waals surface area contributed by atoms with Gasteiger partial charge in [-0.3, -0.25) is 0 Å². The molecule has 0 amide bonds. The summed E-state index contributed by atoms with van der Waals surface area (Å²) in [6, 6.07) is 6.40. The molecule has 0 aliphatic heterocycles. The molecular weight excluding hydrogens is 290 g/mol. The molecule has 100 valence electrons. The van der Waals surface area contributed by atoms with Crippen molar-refractivity contribution >= 4 is 15.9 Å². The summed E-state index contributed by atoms with van der Waals surface area (Å²) in [6.07, 6.45) is 6.61. The average Bonchev–Trinajstić information content (AvgIpc) is 2.86. The van der Waals surface area contributed by atoms with E-state index in [2.05, 4.69) is 46.4 Å². The normalized spacial score (nSPS) is 16.1. The van der Waals surface area contributed by atoms with Gasteiger partial charge < -0.3 is 10.1 Å². The molecule has 0 bridgehead atoms. The summed E-state index contributed by atoms with van der Waals surface area (Å²) < 4.78 is 7.09. The van der Waals surface area contributed by atoms with Gasteiger partial charge in [-0.2, -0.15) is 0 Å². The molecule has 1 fully saturated rings. The van der Waals surface area contributed by atoms with Crippen LogP contribution in [0.3, 0.4) is 0 Å². The summed E-state index contributed by atoms with van der Waals surface area (Å²) >= 11 is 3.61. The summed E-state index contributed by atoms with van der Waals surface area (Å²) in [5.74, 6) is 0.987. The van der Waals surface area contributed by atoms with E-state index in [1.807, 2.05) is 0 Å². The molecule has 1 saturated carbocycles. The highest BCUT2D eigenvalue weighted by Gasteiger charge is 2.17. The fourth-order valence-corrected chi connectivity index (χ4v) is 2.86. The van der Waals surface area contributed by atoms with Gasteiger partial charge in [0.2, 0.25) is 0 Å². The van der Waals surface area contributed by atoms with Gasteiger partial charge in [-0.15, -0.1) is 0 Å². The van der Waals surface area contributed by atoms with Gasteiger partial charge in [0.25, 0.3) is 0 Å². The summed E-state index contributed by atoms with van der Waals surface area (Å²) in [7, 11) is 0. The number of rotatable bonds is 6. The number of ether oxygens (including phenoxy) is 1. The largest absolute Gasteiger partial charge is 0.489 e. The Kier molecular flexibility index (Phi) is 5.51. The Hall–Kier alpha value is -0.540. The Labute approximate surface area is 118 Å². The van der Waals surface area contributed by atoms with Crippen molar-refractivity contribution in [2.45, 2.75) is 51.7 Å². The Balaban J connectivity index is 1.91. The van der Waals surface area contributed by atoms with Gasteiger partial charge >= 0.3 is 0 Å². The lowest BCUT2D eigenvalue weighted by atomic mass is 10.2. The van der Waals surface area contributed by atoms with Gasteiger partial charge in [0.1, 0.15) is 5.75 Å². The molecule has 0 saturated heterocycles. The standard InChI is InChI=1S/C15H22BrNO/c1-2-9-17-11-12-7-8-15(14(16)10-12)18-13-5-3-4-6-13/h7-8,10,13,17H,2-6,9,11H2,1H3. The van der Waals surface area contributed by atoms with E-state index < -0.39 is 0 Å². The number of nitrogens with one attached hydrogen (secondary N) is 1. The van der Waals surface area contributed by atoms with Gasteiger partial charge in [-0.25, -0.2) is 0 Å². The minimum absolute atomic E-state index is 0.422.